The van der Waals surface area contributed by atoms with Crippen LogP contribution in [-0.2, 0) is 35.0 Å². The van der Waals surface area contributed by atoms with E-state index >= 15 is 0 Å². The average Bonchev–Trinajstić information content (AvgIpc) is 2.57. The van der Waals surface area contributed by atoms with Crippen LogP contribution in [0.3, 0.4) is 0 Å². The molecule has 2 heterocycles. The van der Waals surface area contributed by atoms with E-state index < -0.39 is 0 Å². The molecule has 0 atom stereocenters. The Morgan fingerprint density at radius 1 is 0.632 bits per heavy atom. The van der Waals surface area contributed by atoms with Gasteiger partial charge in [0.15, 0.2) is 0 Å². The Labute approximate surface area is 127 Å². The van der Waals surface area contributed by atoms with Gasteiger partial charge < -0.3 is 0 Å². The zero-order valence-electron chi connectivity index (χ0n) is 9.93. The zero-order valence-corrected chi connectivity index (χ0v) is 12.9. The van der Waals surface area contributed by atoms with Crippen molar-refractivity contribution in [2.75, 3.05) is 0 Å². The Morgan fingerprint density at radius 2 is 1.00 bits per heavy atom. The van der Waals surface area contributed by atoms with Crippen molar-refractivity contribution >= 4 is 6.91 Å². The maximum Gasteiger partial charge on any atom is 0.0267 e. The van der Waals surface area contributed by atoms with Crippen LogP contribution in [0, 0.1) is 20.0 Å². The molecule has 0 saturated heterocycles. The third kappa shape index (κ3) is 31.5. The molecule has 4 nitrogen and oxygen atoms in total. The Balaban J connectivity index is -0.0000000825. The second kappa shape index (κ2) is 36.0. The summed E-state index contributed by atoms with van der Waals surface area (Å²) in [5, 5.41) is 0. The molecule has 0 aliphatic heterocycles. The first kappa shape index (κ1) is 26.1. The predicted molar refractivity (Wildman–Crippen MR) is 63.8 cm³/mol. The van der Waals surface area contributed by atoms with Crippen LogP contribution < -0.4 is 0 Å². The van der Waals surface area contributed by atoms with Crippen LogP contribution in [0.1, 0.15) is 0 Å². The van der Waals surface area contributed by atoms with Crippen molar-refractivity contribution in [3.05, 3.63) is 80.7 Å². The van der Waals surface area contributed by atoms with E-state index in [9.17, 15) is 0 Å². The fourth-order valence-corrected chi connectivity index (χ4v) is 0.698. The second-order valence-electron chi connectivity index (χ2n) is 2.18. The largest absolute Gasteiger partial charge is 0.265 e. The monoisotopic (exact) mass is 423 g/mol. The van der Waals surface area contributed by atoms with E-state index in [1.165, 1.54) is 0 Å². The van der Waals surface area contributed by atoms with Gasteiger partial charge in [0, 0.05) is 33.5 Å². The van der Waals surface area contributed by atoms with Gasteiger partial charge in [0.1, 0.15) is 0 Å². The molecule has 0 spiro atoms. The van der Waals surface area contributed by atoms with Crippen LogP contribution in [0.15, 0.2) is 60.7 Å². The van der Waals surface area contributed by atoms with Crippen LogP contribution in [0.25, 0.3) is 0 Å². The first-order valence-electron chi connectivity index (χ1n) is 4.46. The van der Waals surface area contributed by atoms with E-state index in [0.717, 1.165) is 0 Å². The Morgan fingerprint density at radius 3 is 1.11 bits per heavy atom. The molecule has 0 saturated carbocycles. The molecule has 6 heteroatoms. The smallest absolute Gasteiger partial charge is 0.0267 e. The molecule has 0 radical (unpaired) electrons. The van der Waals surface area contributed by atoms with Gasteiger partial charge in [-0.25, -0.2) is 0 Å². The molecule has 0 bridgehead atoms. The third-order valence-corrected chi connectivity index (χ3v) is 1.23. The number of nitrogens with zero attached hydrogens (tertiary/aromatic N) is 1. The van der Waals surface area contributed by atoms with Gasteiger partial charge in [-0.2, -0.15) is 0 Å². The quantitative estimate of drug-likeness (QED) is 0.472. The van der Waals surface area contributed by atoms with Crippen LogP contribution in [-0.4, -0.2) is 11.9 Å². The van der Waals surface area contributed by atoms with E-state index in [1.807, 2.05) is 55.2 Å². The summed E-state index contributed by atoms with van der Waals surface area (Å²) in [5.74, 6) is 4.00. The van der Waals surface area contributed by atoms with Gasteiger partial charge in [0.05, 0.1) is 0 Å². The maximum absolute atomic E-state index is 7.50. The standard InChI is InChI=1S/C5H5B.C5H5N.3CO.W/c2*1-2-4-6-5-3-1;3*1-2;/h2*1-5H;;;;. The summed E-state index contributed by atoms with van der Waals surface area (Å²) in [6, 6.07) is 11.7. The molecule has 0 aromatic carbocycles. The average molecular weight is 423 g/mol. The summed E-state index contributed by atoms with van der Waals surface area (Å²) < 4.78 is 22.5. The summed E-state index contributed by atoms with van der Waals surface area (Å²) in [6.07, 6.45) is 3.50. The van der Waals surface area contributed by atoms with Crippen molar-refractivity contribution in [2.45, 2.75) is 0 Å². The molecule has 2 rings (SSSR count). The third-order valence-electron chi connectivity index (χ3n) is 1.23. The van der Waals surface area contributed by atoms with E-state index in [4.69, 9.17) is 14.0 Å². The molecule has 0 amide bonds. The molecular weight excluding hydrogens is 413 g/mol. The van der Waals surface area contributed by atoms with Crippen LogP contribution in [0.4, 0.5) is 0 Å². The fourth-order valence-electron chi connectivity index (χ4n) is 0.698. The number of hydrogen-bond acceptors (Lipinski definition) is 1. The predicted octanol–water partition coefficient (Wildman–Crippen LogP) is 1.99. The minimum Gasteiger partial charge on any atom is -0.265 e. The minimum atomic E-state index is 0. The van der Waals surface area contributed by atoms with E-state index in [0.29, 0.717) is 0 Å². The fraction of sp³-hybridized carbons (Fsp3) is 0. The summed E-state index contributed by atoms with van der Waals surface area (Å²) in [5.41, 5.74) is 0. The van der Waals surface area contributed by atoms with Crippen LogP contribution >= 0.6 is 0 Å². The molecule has 0 aliphatic carbocycles. The molecule has 2 aromatic rings. The van der Waals surface area contributed by atoms with Crippen molar-refractivity contribution in [1.82, 2.24) is 4.98 Å². The summed E-state index contributed by atoms with van der Waals surface area (Å²) in [6.45, 7) is 15.5. The summed E-state index contributed by atoms with van der Waals surface area (Å²) in [7, 11) is 0. The first-order valence-corrected chi connectivity index (χ1v) is 4.46. The van der Waals surface area contributed by atoms with Gasteiger partial charge in [-0.05, 0) is 12.1 Å². The molecule has 0 N–H and O–H groups in total. The second-order valence-corrected chi connectivity index (χ2v) is 2.18. The molecular formula is C13H10BNO3W. The topological polar surface area (TPSA) is 72.6 Å². The molecule has 2 aromatic heterocycles. The van der Waals surface area contributed by atoms with Gasteiger partial charge in [0.2, 0.25) is 0 Å². The molecule has 19 heavy (non-hydrogen) atoms. The van der Waals surface area contributed by atoms with Crippen molar-refractivity contribution < 1.29 is 35.0 Å². The Kier molecular flexibility index (Phi) is 49.4. The number of hydrogen-bond donors (Lipinski definition) is 0. The van der Waals surface area contributed by atoms with Gasteiger partial charge in [-0.15, -0.1) is 0 Å². The molecule has 0 fully saturated rings. The normalized spacial score (nSPS) is 5.16. The molecule has 0 unspecified atom stereocenters. The van der Waals surface area contributed by atoms with Gasteiger partial charge in [-0.1, -0.05) is 6.07 Å². The molecule has 94 valence electrons. The van der Waals surface area contributed by atoms with Gasteiger partial charge in [0.25, 0.3) is 0 Å². The van der Waals surface area contributed by atoms with Crippen LogP contribution in [0.2, 0.25) is 0 Å². The maximum atomic E-state index is 7.50. The Bertz CT molecular complexity index is 294. The first-order chi connectivity index (χ1) is 9.00. The van der Waals surface area contributed by atoms with Gasteiger partial charge >= 0.3 is 70.9 Å². The van der Waals surface area contributed by atoms with Crippen molar-refractivity contribution in [3.63, 3.8) is 0 Å². The van der Waals surface area contributed by atoms with Crippen molar-refractivity contribution in [3.8, 4) is 0 Å². The number of pyridine rings is 1. The molecule has 0 aliphatic rings. The summed E-state index contributed by atoms with van der Waals surface area (Å²) >= 11 is 0. The summed E-state index contributed by atoms with van der Waals surface area (Å²) in [4.78, 5) is 3.78. The Hall–Kier alpha value is -1.53. The number of aromatic nitrogens is 1. The van der Waals surface area contributed by atoms with Crippen molar-refractivity contribution in [1.29, 1.82) is 0 Å². The SMILES string of the molecule is [C-]#[O+].[C-]#[O+].[C-]#[O+].[W].b1ccccc1.c1ccncc1. The van der Waals surface area contributed by atoms with Crippen molar-refractivity contribution in [2.24, 2.45) is 0 Å². The van der Waals surface area contributed by atoms with E-state index in [2.05, 4.69) is 24.9 Å². The number of rotatable bonds is 0. The van der Waals surface area contributed by atoms with Gasteiger partial charge in [-0.3, -0.25) is 4.98 Å². The van der Waals surface area contributed by atoms with E-state index in [1.54, 1.807) is 12.4 Å². The van der Waals surface area contributed by atoms with E-state index in [-0.39, 0.29) is 21.1 Å². The minimum absolute atomic E-state index is 0. The van der Waals surface area contributed by atoms with Crippen LogP contribution in [0.5, 0.6) is 0 Å². The zero-order chi connectivity index (χ0) is 14.5.